The molecule has 1 aliphatic heterocycles. The third-order valence-electron chi connectivity index (χ3n) is 2.88. The Hall–Kier alpha value is -1.06. The third kappa shape index (κ3) is 2.74. The molecule has 3 nitrogen and oxygen atoms in total. The maximum Gasteiger partial charge on any atom is 0.122 e. The lowest BCUT2D eigenvalue weighted by molar-refractivity contribution is 0.0595. The summed E-state index contributed by atoms with van der Waals surface area (Å²) in [6, 6.07) is 6.28. The molecule has 0 saturated carbocycles. The van der Waals surface area contributed by atoms with Crippen molar-refractivity contribution in [1.82, 2.24) is 0 Å². The molecule has 0 radical (unpaired) electrons. The second-order valence-corrected chi connectivity index (χ2v) is 4.19. The SMILES string of the molecule is COCC(O)CCc1ccc2c(c1)CCO2. The summed E-state index contributed by atoms with van der Waals surface area (Å²) in [5.74, 6) is 1.01. The first-order chi connectivity index (χ1) is 7.79. The highest BCUT2D eigenvalue weighted by atomic mass is 16.5. The molecule has 16 heavy (non-hydrogen) atoms. The van der Waals surface area contributed by atoms with E-state index in [4.69, 9.17) is 9.47 Å². The first kappa shape index (κ1) is 11.4. The van der Waals surface area contributed by atoms with Crippen LogP contribution < -0.4 is 4.74 Å². The van der Waals surface area contributed by atoms with Gasteiger partial charge < -0.3 is 14.6 Å². The Labute approximate surface area is 96.0 Å². The normalized spacial score (nSPS) is 15.6. The molecule has 1 aromatic carbocycles. The summed E-state index contributed by atoms with van der Waals surface area (Å²) in [6.07, 6.45) is 2.27. The van der Waals surface area contributed by atoms with Gasteiger partial charge in [-0.2, -0.15) is 0 Å². The van der Waals surface area contributed by atoms with E-state index in [0.29, 0.717) is 6.61 Å². The van der Waals surface area contributed by atoms with Crippen molar-refractivity contribution in [3.05, 3.63) is 29.3 Å². The minimum absolute atomic E-state index is 0.366. The molecule has 0 aromatic heterocycles. The zero-order valence-electron chi connectivity index (χ0n) is 9.61. The Morgan fingerprint density at radius 2 is 2.38 bits per heavy atom. The number of rotatable bonds is 5. The molecule has 0 saturated heterocycles. The molecule has 0 spiro atoms. The molecule has 3 heteroatoms. The van der Waals surface area contributed by atoms with Crippen molar-refractivity contribution in [3.8, 4) is 5.75 Å². The van der Waals surface area contributed by atoms with E-state index in [9.17, 15) is 5.11 Å². The van der Waals surface area contributed by atoms with Gasteiger partial charge >= 0.3 is 0 Å². The van der Waals surface area contributed by atoms with Gasteiger partial charge in [-0.15, -0.1) is 0 Å². The van der Waals surface area contributed by atoms with Gasteiger partial charge in [0.15, 0.2) is 0 Å². The van der Waals surface area contributed by atoms with Crippen LogP contribution in [0, 0.1) is 0 Å². The van der Waals surface area contributed by atoms with Crippen LogP contribution in [0.2, 0.25) is 0 Å². The summed E-state index contributed by atoms with van der Waals surface area (Å²) in [5, 5.41) is 9.55. The topological polar surface area (TPSA) is 38.7 Å². The van der Waals surface area contributed by atoms with Crippen LogP contribution in [0.1, 0.15) is 17.5 Å². The first-order valence-corrected chi connectivity index (χ1v) is 5.71. The molecular weight excluding hydrogens is 204 g/mol. The van der Waals surface area contributed by atoms with Crippen LogP contribution in [-0.4, -0.2) is 31.5 Å². The zero-order chi connectivity index (χ0) is 11.4. The predicted octanol–water partition coefficient (Wildman–Crippen LogP) is 1.56. The molecule has 1 aromatic rings. The highest BCUT2D eigenvalue weighted by molar-refractivity contribution is 5.39. The van der Waals surface area contributed by atoms with Crippen LogP contribution in [0.4, 0.5) is 0 Å². The van der Waals surface area contributed by atoms with Crippen molar-refractivity contribution in [3.63, 3.8) is 0 Å². The lowest BCUT2D eigenvalue weighted by Gasteiger charge is -2.09. The quantitative estimate of drug-likeness (QED) is 0.821. The molecule has 0 aliphatic carbocycles. The molecule has 0 amide bonds. The first-order valence-electron chi connectivity index (χ1n) is 5.71. The van der Waals surface area contributed by atoms with Gasteiger partial charge in [-0.25, -0.2) is 0 Å². The lowest BCUT2D eigenvalue weighted by Crippen LogP contribution is -2.14. The Balaban J connectivity index is 1.90. The van der Waals surface area contributed by atoms with Crippen molar-refractivity contribution < 1.29 is 14.6 Å². The number of benzene rings is 1. The monoisotopic (exact) mass is 222 g/mol. The molecule has 0 fully saturated rings. The van der Waals surface area contributed by atoms with E-state index in [1.54, 1.807) is 7.11 Å². The Morgan fingerprint density at radius 1 is 1.50 bits per heavy atom. The van der Waals surface area contributed by atoms with Crippen molar-refractivity contribution in [2.75, 3.05) is 20.3 Å². The van der Waals surface area contributed by atoms with Crippen LogP contribution in [-0.2, 0) is 17.6 Å². The van der Waals surface area contributed by atoms with Gasteiger partial charge in [-0.1, -0.05) is 12.1 Å². The van der Waals surface area contributed by atoms with Crippen LogP contribution >= 0.6 is 0 Å². The molecule has 1 atom stereocenters. The van der Waals surface area contributed by atoms with Gasteiger partial charge in [0.25, 0.3) is 0 Å². The van der Waals surface area contributed by atoms with E-state index in [0.717, 1.165) is 31.6 Å². The van der Waals surface area contributed by atoms with Gasteiger partial charge in [0.2, 0.25) is 0 Å². The van der Waals surface area contributed by atoms with E-state index in [1.807, 2.05) is 6.07 Å². The van der Waals surface area contributed by atoms with Gasteiger partial charge in [0.05, 0.1) is 19.3 Å². The third-order valence-corrected chi connectivity index (χ3v) is 2.88. The molecule has 1 heterocycles. The number of hydrogen-bond acceptors (Lipinski definition) is 3. The summed E-state index contributed by atoms with van der Waals surface area (Å²) in [4.78, 5) is 0. The Kier molecular flexibility index (Phi) is 3.80. The molecule has 1 aliphatic rings. The molecular formula is C13H18O3. The number of aliphatic hydroxyl groups is 1. The number of fused-ring (bicyclic) bond motifs is 1. The maximum atomic E-state index is 9.55. The van der Waals surface area contributed by atoms with Crippen LogP contribution in [0.25, 0.3) is 0 Å². The van der Waals surface area contributed by atoms with Crippen LogP contribution in [0.15, 0.2) is 18.2 Å². The number of hydrogen-bond donors (Lipinski definition) is 1. The van der Waals surface area contributed by atoms with Crippen molar-refractivity contribution >= 4 is 0 Å². The fraction of sp³-hybridized carbons (Fsp3) is 0.538. The van der Waals surface area contributed by atoms with E-state index in [2.05, 4.69) is 12.1 Å². The minimum atomic E-state index is -0.366. The average Bonchev–Trinajstić information content (AvgIpc) is 2.74. The number of methoxy groups -OCH3 is 1. The van der Waals surface area contributed by atoms with Crippen molar-refractivity contribution in [1.29, 1.82) is 0 Å². The summed E-state index contributed by atoms with van der Waals surface area (Å²) in [5.41, 5.74) is 2.55. The Bertz CT molecular complexity index is 349. The largest absolute Gasteiger partial charge is 0.493 e. The second-order valence-electron chi connectivity index (χ2n) is 4.19. The Morgan fingerprint density at radius 3 is 3.19 bits per heavy atom. The number of aliphatic hydroxyl groups excluding tert-OH is 1. The van der Waals surface area contributed by atoms with Crippen molar-refractivity contribution in [2.45, 2.75) is 25.4 Å². The van der Waals surface area contributed by atoms with Crippen molar-refractivity contribution in [2.24, 2.45) is 0 Å². The van der Waals surface area contributed by atoms with Gasteiger partial charge in [-0.05, 0) is 30.0 Å². The molecule has 88 valence electrons. The van der Waals surface area contributed by atoms with Crippen LogP contribution in [0.3, 0.4) is 0 Å². The van der Waals surface area contributed by atoms with Gasteiger partial charge in [0, 0.05) is 13.5 Å². The predicted molar refractivity (Wildman–Crippen MR) is 61.8 cm³/mol. The van der Waals surface area contributed by atoms with E-state index in [1.165, 1.54) is 11.1 Å². The number of aryl methyl sites for hydroxylation is 1. The van der Waals surface area contributed by atoms with E-state index in [-0.39, 0.29) is 6.10 Å². The molecule has 2 rings (SSSR count). The highest BCUT2D eigenvalue weighted by Crippen LogP contribution is 2.26. The summed E-state index contributed by atoms with van der Waals surface area (Å²) in [7, 11) is 1.61. The maximum absolute atomic E-state index is 9.55. The van der Waals surface area contributed by atoms with Gasteiger partial charge in [-0.3, -0.25) is 0 Å². The summed E-state index contributed by atoms with van der Waals surface area (Å²) >= 11 is 0. The highest BCUT2D eigenvalue weighted by Gasteiger charge is 2.12. The van der Waals surface area contributed by atoms with E-state index < -0.39 is 0 Å². The average molecular weight is 222 g/mol. The summed E-state index contributed by atoms with van der Waals surface area (Å²) < 4.78 is 10.3. The standard InChI is InChI=1S/C13H18O3/c1-15-9-12(14)4-2-10-3-5-13-11(8-10)6-7-16-13/h3,5,8,12,14H,2,4,6-7,9H2,1H3. The lowest BCUT2D eigenvalue weighted by atomic mass is 10.0. The van der Waals surface area contributed by atoms with E-state index >= 15 is 0 Å². The molecule has 1 unspecified atom stereocenters. The minimum Gasteiger partial charge on any atom is -0.493 e. The number of ether oxygens (including phenoxy) is 2. The smallest absolute Gasteiger partial charge is 0.122 e. The second kappa shape index (κ2) is 5.32. The molecule has 0 bridgehead atoms. The van der Waals surface area contributed by atoms with Crippen LogP contribution in [0.5, 0.6) is 5.75 Å². The zero-order valence-corrected chi connectivity index (χ0v) is 9.61. The fourth-order valence-electron chi connectivity index (χ4n) is 2.00. The fourth-order valence-corrected chi connectivity index (χ4v) is 2.00. The van der Waals surface area contributed by atoms with Gasteiger partial charge in [0.1, 0.15) is 5.75 Å². The summed E-state index contributed by atoms with van der Waals surface area (Å²) in [6.45, 7) is 1.21. The molecule has 1 N–H and O–H groups in total.